The number of ether oxygens (including phenoxy) is 2. The number of nitrogens with one attached hydrogen (secondary N) is 1. The number of benzene rings is 1. The Kier molecular flexibility index (Phi) is 6.63. The Bertz CT molecular complexity index is 388. The van der Waals surface area contributed by atoms with Crippen LogP contribution in [0.1, 0.15) is 32.8 Å². The van der Waals surface area contributed by atoms with Crippen molar-refractivity contribution in [3.05, 3.63) is 28.8 Å². The van der Waals surface area contributed by atoms with Crippen molar-refractivity contribution < 1.29 is 9.47 Å². The van der Waals surface area contributed by atoms with Crippen molar-refractivity contribution in [3.63, 3.8) is 0 Å². The molecule has 19 heavy (non-hydrogen) atoms. The van der Waals surface area contributed by atoms with Gasteiger partial charge in [-0.3, -0.25) is 0 Å². The Morgan fingerprint density at radius 1 is 1.21 bits per heavy atom. The number of hydrogen-bond donors (Lipinski definition) is 1. The van der Waals surface area contributed by atoms with E-state index in [1.807, 2.05) is 18.2 Å². The van der Waals surface area contributed by atoms with Gasteiger partial charge in [-0.05, 0) is 39.0 Å². The fourth-order valence-electron chi connectivity index (χ4n) is 1.57. The van der Waals surface area contributed by atoms with Gasteiger partial charge in [-0.15, -0.1) is 0 Å². The predicted molar refractivity (Wildman–Crippen MR) is 80.0 cm³/mol. The molecular weight excluding hydrogens is 262 g/mol. The van der Waals surface area contributed by atoms with Crippen LogP contribution >= 0.6 is 11.6 Å². The monoisotopic (exact) mass is 285 g/mol. The third-order valence-electron chi connectivity index (χ3n) is 2.58. The van der Waals surface area contributed by atoms with Gasteiger partial charge in [0.25, 0.3) is 0 Å². The van der Waals surface area contributed by atoms with Gasteiger partial charge < -0.3 is 14.8 Å². The lowest BCUT2D eigenvalue weighted by Crippen LogP contribution is -2.35. The van der Waals surface area contributed by atoms with Gasteiger partial charge in [0.1, 0.15) is 5.75 Å². The molecular formula is C15H24ClNO2. The molecule has 108 valence electrons. The largest absolute Gasteiger partial charge is 0.493 e. The molecule has 0 aromatic heterocycles. The molecule has 1 aromatic rings. The first-order valence-electron chi connectivity index (χ1n) is 6.57. The van der Waals surface area contributed by atoms with Gasteiger partial charge in [0, 0.05) is 42.8 Å². The third-order valence-corrected chi connectivity index (χ3v) is 2.82. The molecule has 0 aliphatic heterocycles. The highest BCUT2D eigenvalue weighted by Crippen LogP contribution is 2.23. The van der Waals surface area contributed by atoms with E-state index in [-0.39, 0.29) is 5.54 Å². The van der Waals surface area contributed by atoms with Gasteiger partial charge in [0.15, 0.2) is 0 Å². The molecule has 0 spiro atoms. The van der Waals surface area contributed by atoms with E-state index in [9.17, 15) is 0 Å². The SMILES string of the molecule is COCCCOc1ccc(Cl)cc1CNC(C)(C)C. The van der Waals surface area contributed by atoms with Crippen molar-refractivity contribution in [1.82, 2.24) is 5.32 Å². The lowest BCUT2D eigenvalue weighted by atomic mass is 10.1. The van der Waals surface area contributed by atoms with Crippen LogP contribution in [0.25, 0.3) is 0 Å². The maximum Gasteiger partial charge on any atom is 0.123 e. The first-order valence-corrected chi connectivity index (χ1v) is 6.95. The molecule has 0 atom stereocenters. The second-order valence-corrected chi connectivity index (χ2v) is 5.99. The Morgan fingerprint density at radius 3 is 2.58 bits per heavy atom. The van der Waals surface area contributed by atoms with E-state index in [1.165, 1.54) is 0 Å². The Balaban J connectivity index is 2.63. The number of methoxy groups -OCH3 is 1. The summed E-state index contributed by atoms with van der Waals surface area (Å²) in [6.07, 6.45) is 0.880. The minimum atomic E-state index is 0.0651. The summed E-state index contributed by atoms with van der Waals surface area (Å²) in [6, 6.07) is 5.73. The van der Waals surface area contributed by atoms with Crippen LogP contribution in [-0.4, -0.2) is 25.9 Å². The summed E-state index contributed by atoms with van der Waals surface area (Å²) in [5, 5.41) is 4.18. The molecule has 1 rings (SSSR count). The summed E-state index contributed by atoms with van der Waals surface area (Å²) >= 11 is 6.05. The zero-order valence-electron chi connectivity index (χ0n) is 12.3. The van der Waals surface area contributed by atoms with Gasteiger partial charge in [-0.1, -0.05) is 11.6 Å². The lowest BCUT2D eigenvalue weighted by Gasteiger charge is -2.21. The number of halogens is 1. The van der Waals surface area contributed by atoms with Gasteiger partial charge in [0.2, 0.25) is 0 Å². The molecule has 0 unspecified atom stereocenters. The smallest absolute Gasteiger partial charge is 0.123 e. The Hall–Kier alpha value is -0.770. The molecule has 0 aliphatic rings. The van der Waals surface area contributed by atoms with E-state index in [4.69, 9.17) is 21.1 Å². The second kappa shape index (κ2) is 7.73. The fraction of sp³-hybridized carbons (Fsp3) is 0.600. The number of rotatable bonds is 7. The standard InChI is InChI=1S/C15H24ClNO2/c1-15(2,3)17-11-12-10-13(16)6-7-14(12)19-9-5-8-18-4/h6-7,10,17H,5,8-9,11H2,1-4H3. The summed E-state index contributed by atoms with van der Waals surface area (Å²) in [5.74, 6) is 0.886. The molecule has 1 aromatic carbocycles. The van der Waals surface area contributed by atoms with E-state index in [0.29, 0.717) is 13.2 Å². The Labute approximate surface area is 121 Å². The van der Waals surface area contributed by atoms with Crippen LogP contribution in [0.4, 0.5) is 0 Å². The van der Waals surface area contributed by atoms with Crippen LogP contribution in [0, 0.1) is 0 Å². The van der Waals surface area contributed by atoms with Crippen LogP contribution in [0.15, 0.2) is 18.2 Å². The van der Waals surface area contributed by atoms with Crippen molar-refractivity contribution in [2.75, 3.05) is 20.3 Å². The molecule has 0 fully saturated rings. The molecule has 0 radical (unpaired) electrons. The summed E-state index contributed by atoms with van der Waals surface area (Å²) in [5.41, 5.74) is 1.15. The maximum absolute atomic E-state index is 6.05. The number of hydrogen-bond acceptors (Lipinski definition) is 3. The highest BCUT2D eigenvalue weighted by atomic mass is 35.5. The van der Waals surface area contributed by atoms with Gasteiger partial charge >= 0.3 is 0 Å². The highest BCUT2D eigenvalue weighted by molar-refractivity contribution is 6.30. The first-order chi connectivity index (χ1) is 8.92. The van der Waals surface area contributed by atoms with Gasteiger partial charge in [-0.2, -0.15) is 0 Å². The van der Waals surface area contributed by atoms with Crippen LogP contribution in [0.3, 0.4) is 0 Å². The van der Waals surface area contributed by atoms with E-state index in [0.717, 1.165) is 29.3 Å². The third kappa shape index (κ3) is 6.81. The predicted octanol–water partition coefficient (Wildman–Crippen LogP) is 3.64. The molecule has 0 heterocycles. The van der Waals surface area contributed by atoms with Crippen LogP contribution in [0.2, 0.25) is 5.02 Å². The van der Waals surface area contributed by atoms with Crippen molar-refractivity contribution in [2.45, 2.75) is 39.3 Å². The van der Waals surface area contributed by atoms with E-state index in [1.54, 1.807) is 7.11 Å². The lowest BCUT2D eigenvalue weighted by molar-refractivity contribution is 0.171. The van der Waals surface area contributed by atoms with Crippen molar-refractivity contribution in [3.8, 4) is 5.75 Å². The van der Waals surface area contributed by atoms with Crippen molar-refractivity contribution >= 4 is 11.6 Å². The molecule has 1 N–H and O–H groups in total. The molecule has 0 saturated carbocycles. The second-order valence-electron chi connectivity index (χ2n) is 5.55. The normalized spacial score (nSPS) is 11.6. The quantitative estimate of drug-likeness (QED) is 0.776. The Morgan fingerprint density at radius 2 is 1.95 bits per heavy atom. The maximum atomic E-state index is 6.05. The topological polar surface area (TPSA) is 30.5 Å². The van der Waals surface area contributed by atoms with E-state index >= 15 is 0 Å². The summed E-state index contributed by atoms with van der Waals surface area (Å²) in [6.45, 7) is 8.51. The van der Waals surface area contributed by atoms with E-state index < -0.39 is 0 Å². The van der Waals surface area contributed by atoms with Crippen molar-refractivity contribution in [1.29, 1.82) is 0 Å². The molecule has 3 nitrogen and oxygen atoms in total. The van der Waals surface area contributed by atoms with Crippen molar-refractivity contribution in [2.24, 2.45) is 0 Å². The minimum Gasteiger partial charge on any atom is -0.493 e. The molecule has 0 bridgehead atoms. The highest BCUT2D eigenvalue weighted by Gasteiger charge is 2.11. The van der Waals surface area contributed by atoms with E-state index in [2.05, 4.69) is 26.1 Å². The van der Waals surface area contributed by atoms with Crippen LogP contribution in [-0.2, 0) is 11.3 Å². The minimum absolute atomic E-state index is 0.0651. The molecule has 4 heteroatoms. The zero-order chi connectivity index (χ0) is 14.3. The zero-order valence-corrected chi connectivity index (χ0v) is 13.0. The first kappa shape index (κ1) is 16.3. The summed E-state index contributed by atoms with van der Waals surface area (Å²) < 4.78 is 10.8. The summed E-state index contributed by atoms with van der Waals surface area (Å²) in [7, 11) is 1.70. The molecule has 0 saturated heterocycles. The average Bonchev–Trinajstić information content (AvgIpc) is 2.33. The van der Waals surface area contributed by atoms with Gasteiger partial charge in [0.05, 0.1) is 6.61 Å². The van der Waals surface area contributed by atoms with Crippen LogP contribution < -0.4 is 10.1 Å². The molecule has 0 amide bonds. The van der Waals surface area contributed by atoms with Crippen LogP contribution in [0.5, 0.6) is 5.75 Å². The summed E-state index contributed by atoms with van der Waals surface area (Å²) in [4.78, 5) is 0. The molecule has 0 aliphatic carbocycles. The van der Waals surface area contributed by atoms with Gasteiger partial charge in [-0.25, -0.2) is 0 Å². The fourth-order valence-corrected chi connectivity index (χ4v) is 1.77. The average molecular weight is 286 g/mol.